The van der Waals surface area contributed by atoms with Crippen molar-refractivity contribution in [1.29, 1.82) is 0 Å². The fourth-order valence-corrected chi connectivity index (χ4v) is 2.63. The Morgan fingerprint density at radius 3 is 2.61 bits per heavy atom. The number of benzene rings is 1. The minimum absolute atomic E-state index is 0.817. The molecule has 0 heteroatoms. The topological polar surface area (TPSA) is 0 Å². The molecule has 0 aliphatic heterocycles. The zero-order valence-electron chi connectivity index (χ0n) is 11.5. The molecule has 1 aliphatic carbocycles. The molecule has 2 rings (SSSR count). The summed E-state index contributed by atoms with van der Waals surface area (Å²) in [6, 6.07) is 10.9. The standard InChI is InChI=1S/C18H24/c1-15(2)8-6-7-11-17-12-13-18(17)14-16-9-4-3-5-10-16/h3-5,9-10,12,18H,1,6-8,11,13-14H2,2H3. The van der Waals surface area contributed by atoms with Crippen LogP contribution in [0.5, 0.6) is 0 Å². The Bertz CT molecular complexity index is 411. The molecule has 96 valence electrons. The van der Waals surface area contributed by atoms with Gasteiger partial charge in [0.25, 0.3) is 0 Å². The van der Waals surface area contributed by atoms with Crippen LogP contribution in [0.25, 0.3) is 0 Å². The first kappa shape index (κ1) is 13.1. The summed E-state index contributed by atoms with van der Waals surface area (Å²) >= 11 is 0. The van der Waals surface area contributed by atoms with Gasteiger partial charge < -0.3 is 0 Å². The highest BCUT2D eigenvalue weighted by Gasteiger charge is 2.20. The van der Waals surface area contributed by atoms with Gasteiger partial charge in [0.15, 0.2) is 0 Å². The van der Waals surface area contributed by atoms with Crippen molar-refractivity contribution in [2.75, 3.05) is 0 Å². The maximum Gasteiger partial charge on any atom is -0.0128 e. The highest BCUT2D eigenvalue weighted by atomic mass is 14.3. The molecule has 0 nitrogen and oxygen atoms in total. The second kappa shape index (κ2) is 6.58. The third-order valence-electron chi connectivity index (χ3n) is 3.83. The molecule has 0 aromatic heterocycles. The van der Waals surface area contributed by atoms with E-state index in [1.807, 2.05) is 0 Å². The zero-order valence-corrected chi connectivity index (χ0v) is 11.5. The molecule has 1 aromatic rings. The van der Waals surface area contributed by atoms with Crippen molar-refractivity contribution >= 4 is 0 Å². The Morgan fingerprint density at radius 1 is 1.22 bits per heavy atom. The first-order chi connectivity index (χ1) is 8.75. The summed E-state index contributed by atoms with van der Waals surface area (Å²) in [6.07, 6.45) is 10.1. The summed E-state index contributed by atoms with van der Waals surface area (Å²) in [7, 11) is 0. The van der Waals surface area contributed by atoms with Gasteiger partial charge in [-0.2, -0.15) is 0 Å². The molecule has 0 saturated heterocycles. The van der Waals surface area contributed by atoms with E-state index < -0.39 is 0 Å². The van der Waals surface area contributed by atoms with Crippen LogP contribution in [0.3, 0.4) is 0 Å². The van der Waals surface area contributed by atoms with Crippen molar-refractivity contribution in [1.82, 2.24) is 0 Å². The minimum Gasteiger partial charge on any atom is -0.100 e. The predicted octanol–water partition coefficient (Wildman–Crippen LogP) is 5.31. The Labute approximate surface area is 111 Å². The van der Waals surface area contributed by atoms with Crippen LogP contribution in [0.15, 0.2) is 54.1 Å². The van der Waals surface area contributed by atoms with Crippen molar-refractivity contribution in [3.8, 4) is 0 Å². The lowest BCUT2D eigenvalue weighted by Crippen LogP contribution is -2.15. The van der Waals surface area contributed by atoms with E-state index >= 15 is 0 Å². The summed E-state index contributed by atoms with van der Waals surface area (Å²) in [5, 5.41) is 0. The normalized spacial score (nSPS) is 18.1. The van der Waals surface area contributed by atoms with Crippen molar-refractivity contribution < 1.29 is 0 Å². The fraction of sp³-hybridized carbons (Fsp3) is 0.444. The SMILES string of the molecule is C=C(C)CCCCC1=CCC1Cc1ccccc1. The second-order valence-electron chi connectivity index (χ2n) is 5.57. The maximum absolute atomic E-state index is 3.96. The number of unbranched alkanes of at least 4 members (excludes halogenated alkanes) is 1. The van der Waals surface area contributed by atoms with Crippen LogP contribution in [0, 0.1) is 5.92 Å². The molecular weight excluding hydrogens is 216 g/mol. The van der Waals surface area contributed by atoms with Gasteiger partial charge in [0, 0.05) is 0 Å². The third kappa shape index (κ3) is 3.87. The van der Waals surface area contributed by atoms with E-state index in [1.165, 1.54) is 49.7 Å². The van der Waals surface area contributed by atoms with Crippen LogP contribution in [0.2, 0.25) is 0 Å². The lowest BCUT2D eigenvalue weighted by molar-refractivity contribution is 0.519. The summed E-state index contributed by atoms with van der Waals surface area (Å²) < 4.78 is 0. The molecule has 0 bridgehead atoms. The van der Waals surface area contributed by atoms with E-state index in [2.05, 4.69) is 49.9 Å². The summed E-state index contributed by atoms with van der Waals surface area (Å²) in [6.45, 7) is 6.09. The van der Waals surface area contributed by atoms with E-state index in [0.29, 0.717) is 0 Å². The molecule has 18 heavy (non-hydrogen) atoms. The first-order valence-electron chi connectivity index (χ1n) is 7.13. The van der Waals surface area contributed by atoms with Gasteiger partial charge in [-0.1, -0.05) is 47.6 Å². The Morgan fingerprint density at radius 2 is 2.00 bits per heavy atom. The molecule has 0 spiro atoms. The van der Waals surface area contributed by atoms with E-state index in [0.717, 1.165) is 5.92 Å². The van der Waals surface area contributed by atoms with Crippen molar-refractivity contribution in [2.45, 2.75) is 45.4 Å². The number of hydrogen-bond acceptors (Lipinski definition) is 0. The van der Waals surface area contributed by atoms with Crippen LogP contribution in [0.4, 0.5) is 0 Å². The van der Waals surface area contributed by atoms with Gasteiger partial charge in [-0.05, 0) is 56.9 Å². The van der Waals surface area contributed by atoms with E-state index in [9.17, 15) is 0 Å². The van der Waals surface area contributed by atoms with E-state index in [4.69, 9.17) is 0 Å². The van der Waals surface area contributed by atoms with Crippen molar-refractivity contribution in [3.05, 3.63) is 59.7 Å². The quantitative estimate of drug-likeness (QED) is 0.447. The van der Waals surface area contributed by atoms with Gasteiger partial charge >= 0.3 is 0 Å². The van der Waals surface area contributed by atoms with Crippen LogP contribution in [0.1, 0.15) is 44.6 Å². The minimum atomic E-state index is 0.817. The molecule has 1 aromatic carbocycles. The van der Waals surface area contributed by atoms with Crippen molar-refractivity contribution in [2.24, 2.45) is 5.92 Å². The Kier molecular flexibility index (Phi) is 4.81. The van der Waals surface area contributed by atoms with Gasteiger partial charge in [0.1, 0.15) is 0 Å². The lowest BCUT2D eigenvalue weighted by Gasteiger charge is -2.27. The average molecular weight is 240 g/mol. The molecular formula is C18H24. The summed E-state index contributed by atoms with van der Waals surface area (Å²) in [4.78, 5) is 0. The molecule has 1 unspecified atom stereocenters. The van der Waals surface area contributed by atoms with Gasteiger partial charge in [-0.3, -0.25) is 0 Å². The first-order valence-corrected chi connectivity index (χ1v) is 7.13. The maximum atomic E-state index is 3.96. The van der Waals surface area contributed by atoms with E-state index in [-0.39, 0.29) is 0 Å². The van der Waals surface area contributed by atoms with Gasteiger partial charge in [-0.25, -0.2) is 0 Å². The van der Waals surface area contributed by atoms with Crippen LogP contribution >= 0.6 is 0 Å². The zero-order chi connectivity index (χ0) is 12.8. The highest BCUT2D eigenvalue weighted by Crippen LogP contribution is 2.34. The Hall–Kier alpha value is -1.30. The third-order valence-corrected chi connectivity index (χ3v) is 3.83. The largest absolute Gasteiger partial charge is 0.100 e. The van der Waals surface area contributed by atoms with E-state index in [1.54, 1.807) is 5.57 Å². The van der Waals surface area contributed by atoms with Gasteiger partial charge in [0.05, 0.1) is 0 Å². The van der Waals surface area contributed by atoms with Crippen LogP contribution in [-0.4, -0.2) is 0 Å². The molecule has 1 aliphatic rings. The van der Waals surface area contributed by atoms with Gasteiger partial charge in [0.2, 0.25) is 0 Å². The predicted molar refractivity (Wildman–Crippen MR) is 79.6 cm³/mol. The average Bonchev–Trinajstić information content (AvgIpc) is 2.35. The molecule has 0 heterocycles. The molecule has 0 N–H and O–H groups in total. The van der Waals surface area contributed by atoms with Crippen molar-refractivity contribution in [3.63, 3.8) is 0 Å². The number of allylic oxidation sites excluding steroid dienone is 3. The number of hydrogen-bond donors (Lipinski definition) is 0. The monoisotopic (exact) mass is 240 g/mol. The molecule has 0 radical (unpaired) electrons. The molecule has 0 fully saturated rings. The molecule has 0 amide bonds. The smallest absolute Gasteiger partial charge is 0.0128 e. The Balaban J connectivity index is 1.70. The molecule has 0 saturated carbocycles. The highest BCUT2D eigenvalue weighted by molar-refractivity contribution is 5.24. The fourth-order valence-electron chi connectivity index (χ4n) is 2.63. The van der Waals surface area contributed by atoms with Crippen LogP contribution < -0.4 is 0 Å². The van der Waals surface area contributed by atoms with Gasteiger partial charge in [-0.15, -0.1) is 6.58 Å². The molecule has 1 atom stereocenters. The lowest BCUT2D eigenvalue weighted by atomic mass is 9.78. The van der Waals surface area contributed by atoms with Crippen LogP contribution in [-0.2, 0) is 6.42 Å². The second-order valence-corrected chi connectivity index (χ2v) is 5.57. The number of rotatable bonds is 7. The summed E-state index contributed by atoms with van der Waals surface area (Å²) in [5.41, 5.74) is 4.49. The summed E-state index contributed by atoms with van der Waals surface area (Å²) in [5.74, 6) is 0.817.